The molecule has 4 nitrogen and oxygen atoms in total. The second kappa shape index (κ2) is 11.0. The maximum absolute atomic E-state index is 5.39. The SMILES string of the molecule is CN=C(NCCC1CCOCC1)NCC1CCCS1.I. The van der Waals surface area contributed by atoms with Gasteiger partial charge in [0.2, 0.25) is 0 Å². The Bertz CT molecular complexity index is 280. The molecule has 0 aromatic rings. The van der Waals surface area contributed by atoms with E-state index in [1.165, 1.54) is 37.9 Å². The van der Waals surface area contributed by atoms with Gasteiger partial charge in [0.05, 0.1) is 0 Å². The number of guanidine groups is 1. The van der Waals surface area contributed by atoms with Crippen molar-refractivity contribution in [1.82, 2.24) is 10.6 Å². The summed E-state index contributed by atoms with van der Waals surface area (Å²) in [6, 6.07) is 0. The summed E-state index contributed by atoms with van der Waals surface area (Å²) in [7, 11) is 1.85. The highest BCUT2D eigenvalue weighted by Gasteiger charge is 2.16. The molecule has 1 atom stereocenters. The summed E-state index contributed by atoms with van der Waals surface area (Å²) in [4.78, 5) is 4.29. The number of hydrogen-bond acceptors (Lipinski definition) is 3. The molecule has 0 aromatic carbocycles. The Morgan fingerprint density at radius 1 is 1.25 bits per heavy atom. The molecule has 0 saturated carbocycles. The standard InChI is InChI=1S/C14H27N3OS.HI/c1-15-14(17-11-13-3-2-10-19-13)16-7-4-12-5-8-18-9-6-12;/h12-13H,2-11H2,1H3,(H2,15,16,17);1H. The molecule has 2 aliphatic heterocycles. The zero-order valence-corrected chi connectivity index (χ0v) is 15.5. The predicted molar refractivity (Wildman–Crippen MR) is 98.4 cm³/mol. The van der Waals surface area contributed by atoms with Crippen molar-refractivity contribution in [2.45, 2.75) is 37.4 Å². The number of nitrogens with one attached hydrogen (secondary N) is 2. The van der Waals surface area contributed by atoms with E-state index in [2.05, 4.69) is 27.4 Å². The number of nitrogens with zero attached hydrogens (tertiary/aromatic N) is 1. The van der Waals surface area contributed by atoms with Gasteiger partial charge in [-0.05, 0) is 43.8 Å². The summed E-state index contributed by atoms with van der Waals surface area (Å²) in [6.45, 7) is 3.94. The van der Waals surface area contributed by atoms with Crippen molar-refractivity contribution in [3.05, 3.63) is 0 Å². The van der Waals surface area contributed by atoms with Crippen molar-refractivity contribution in [2.24, 2.45) is 10.9 Å². The average molecular weight is 413 g/mol. The van der Waals surface area contributed by atoms with E-state index in [1.807, 2.05) is 7.05 Å². The van der Waals surface area contributed by atoms with Crippen LogP contribution >= 0.6 is 35.7 Å². The van der Waals surface area contributed by atoms with Crippen LogP contribution in [-0.4, -0.2) is 50.3 Å². The van der Waals surface area contributed by atoms with Crippen LogP contribution in [0, 0.1) is 5.92 Å². The van der Waals surface area contributed by atoms with Gasteiger partial charge in [0.1, 0.15) is 0 Å². The highest BCUT2D eigenvalue weighted by atomic mass is 127. The number of thioether (sulfide) groups is 1. The summed E-state index contributed by atoms with van der Waals surface area (Å²) in [6.07, 6.45) is 6.37. The van der Waals surface area contributed by atoms with Crippen LogP contribution < -0.4 is 10.6 Å². The quantitative estimate of drug-likeness (QED) is 0.413. The molecule has 2 heterocycles. The van der Waals surface area contributed by atoms with Gasteiger partial charge in [-0.1, -0.05) is 0 Å². The van der Waals surface area contributed by atoms with E-state index < -0.39 is 0 Å². The molecular formula is C14H28IN3OS. The van der Waals surface area contributed by atoms with Gasteiger partial charge in [0.25, 0.3) is 0 Å². The van der Waals surface area contributed by atoms with Gasteiger partial charge in [0, 0.05) is 38.6 Å². The van der Waals surface area contributed by atoms with E-state index >= 15 is 0 Å². The van der Waals surface area contributed by atoms with Crippen LogP contribution in [-0.2, 0) is 4.74 Å². The maximum Gasteiger partial charge on any atom is 0.191 e. The van der Waals surface area contributed by atoms with Gasteiger partial charge in [-0.2, -0.15) is 11.8 Å². The van der Waals surface area contributed by atoms with Crippen molar-refractivity contribution in [1.29, 1.82) is 0 Å². The largest absolute Gasteiger partial charge is 0.381 e. The molecule has 0 bridgehead atoms. The lowest BCUT2D eigenvalue weighted by Gasteiger charge is -2.22. The zero-order valence-electron chi connectivity index (χ0n) is 12.4. The van der Waals surface area contributed by atoms with Crippen molar-refractivity contribution < 1.29 is 4.74 Å². The molecule has 0 spiro atoms. The minimum absolute atomic E-state index is 0. The van der Waals surface area contributed by atoms with E-state index in [1.54, 1.807) is 0 Å². The lowest BCUT2D eigenvalue weighted by atomic mass is 9.97. The summed E-state index contributed by atoms with van der Waals surface area (Å²) in [5, 5.41) is 7.64. The van der Waals surface area contributed by atoms with Crippen molar-refractivity contribution in [3.63, 3.8) is 0 Å². The van der Waals surface area contributed by atoms with E-state index in [9.17, 15) is 0 Å². The molecule has 2 rings (SSSR count). The lowest BCUT2D eigenvalue weighted by molar-refractivity contribution is 0.0643. The van der Waals surface area contributed by atoms with Crippen LogP contribution in [0.2, 0.25) is 0 Å². The summed E-state index contributed by atoms with van der Waals surface area (Å²) in [5.74, 6) is 3.10. The predicted octanol–water partition coefficient (Wildman–Crippen LogP) is 2.48. The van der Waals surface area contributed by atoms with E-state index in [4.69, 9.17) is 4.74 Å². The Morgan fingerprint density at radius 2 is 2.05 bits per heavy atom. The zero-order chi connectivity index (χ0) is 13.3. The van der Waals surface area contributed by atoms with Gasteiger partial charge in [0.15, 0.2) is 5.96 Å². The fourth-order valence-electron chi connectivity index (χ4n) is 2.67. The van der Waals surface area contributed by atoms with E-state index in [0.717, 1.165) is 43.4 Å². The fourth-order valence-corrected chi connectivity index (χ4v) is 3.87. The summed E-state index contributed by atoms with van der Waals surface area (Å²) >= 11 is 2.08. The fraction of sp³-hybridized carbons (Fsp3) is 0.929. The molecule has 1 unspecified atom stereocenters. The first-order chi connectivity index (χ1) is 9.38. The maximum atomic E-state index is 5.39. The Balaban J connectivity index is 0.00000200. The summed E-state index contributed by atoms with van der Waals surface area (Å²) in [5.41, 5.74) is 0. The van der Waals surface area contributed by atoms with Gasteiger partial charge >= 0.3 is 0 Å². The van der Waals surface area contributed by atoms with Gasteiger partial charge in [-0.25, -0.2) is 0 Å². The van der Waals surface area contributed by atoms with E-state index in [0.29, 0.717) is 0 Å². The van der Waals surface area contributed by atoms with Gasteiger partial charge in [-0.3, -0.25) is 4.99 Å². The normalized spacial score (nSPS) is 24.2. The minimum atomic E-state index is 0. The number of halogens is 1. The van der Waals surface area contributed by atoms with Gasteiger partial charge in [-0.15, -0.1) is 24.0 Å². The second-order valence-corrected chi connectivity index (χ2v) is 6.77. The van der Waals surface area contributed by atoms with Crippen molar-refractivity contribution in [2.75, 3.05) is 39.1 Å². The molecule has 20 heavy (non-hydrogen) atoms. The molecule has 0 amide bonds. The first kappa shape index (κ1) is 18.4. The number of hydrogen-bond donors (Lipinski definition) is 2. The average Bonchev–Trinajstić information content (AvgIpc) is 2.97. The molecule has 2 N–H and O–H groups in total. The van der Waals surface area contributed by atoms with Crippen LogP contribution in [0.4, 0.5) is 0 Å². The van der Waals surface area contributed by atoms with Crippen LogP contribution in [0.5, 0.6) is 0 Å². The van der Waals surface area contributed by atoms with E-state index in [-0.39, 0.29) is 24.0 Å². The third kappa shape index (κ3) is 6.85. The van der Waals surface area contributed by atoms with Crippen molar-refractivity contribution >= 4 is 41.7 Å². The highest BCUT2D eigenvalue weighted by molar-refractivity contribution is 14.0. The topological polar surface area (TPSA) is 45.7 Å². The van der Waals surface area contributed by atoms with Crippen LogP contribution in [0.15, 0.2) is 4.99 Å². The number of ether oxygens (including phenoxy) is 1. The molecule has 0 aliphatic carbocycles. The minimum Gasteiger partial charge on any atom is -0.381 e. The Hall–Kier alpha value is 0.310. The molecule has 0 radical (unpaired) electrons. The van der Waals surface area contributed by atoms with Crippen LogP contribution in [0.1, 0.15) is 32.1 Å². The molecule has 2 saturated heterocycles. The monoisotopic (exact) mass is 413 g/mol. The first-order valence-electron chi connectivity index (χ1n) is 7.52. The van der Waals surface area contributed by atoms with Crippen LogP contribution in [0.3, 0.4) is 0 Å². The molecule has 6 heteroatoms. The Kier molecular flexibility index (Phi) is 10.1. The van der Waals surface area contributed by atoms with Crippen molar-refractivity contribution in [3.8, 4) is 0 Å². The number of rotatable bonds is 5. The van der Waals surface area contributed by atoms with Gasteiger partial charge < -0.3 is 15.4 Å². The third-order valence-electron chi connectivity index (χ3n) is 3.93. The Labute approximate surface area is 144 Å². The first-order valence-corrected chi connectivity index (χ1v) is 8.57. The second-order valence-electron chi connectivity index (χ2n) is 5.36. The Morgan fingerprint density at radius 3 is 2.70 bits per heavy atom. The highest BCUT2D eigenvalue weighted by Crippen LogP contribution is 2.25. The number of aliphatic imine (C=N–C) groups is 1. The smallest absolute Gasteiger partial charge is 0.191 e. The molecule has 118 valence electrons. The third-order valence-corrected chi connectivity index (χ3v) is 5.33. The van der Waals surface area contributed by atoms with Crippen LogP contribution in [0.25, 0.3) is 0 Å². The molecular weight excluding hydrogens is 385 g/mol. The summed E-state index contributed by atoms with van der Waals surface area (Å²) < 4.78 is 5.39. The molecule has 0 aromatic heterocycles. The molecule has 2 aliphatic rings. The molecule has 2 fully saturated rings. The lowest BCUT2D eigenvalue weighted by Crippen LogP contribution is -2.41.